The summed E-state index contributed by atoms with van der Waals surface area (Å²) in [5.74, 6) is -4.96. The van der Waals surface area contributed by atoms with E-state index in [0.29, 0.717) is 12.1 Å². The third-order valence-electron chi connectivity index (χ3n) is 3.61. The van der Waals surface area contributed by atoms with E-state index in [-0.39, 0.29) is 11.1 Å². The minimum absolute atomic E-state index is 0.178. The number of H-pyrrole nitrogens is 1. The fourth-order valence-corrected chi connectivity index (χ4v) is 3.99. The third-order valence-corrected chi connectivity index (χ3v) is 5.24. The highest BCUT2D eigenvalue weighted by molar-refractivity contribution is 6.76. The monoisotopic (exact) mass is 372 g/mol. The van der Waals surface area contributed by atoms with Gasteiger partial charge in [0, 0.05) is 19.5 Å². The number of ether oxygens (including phenoxy) is 1. The van der Waals surface area contributed by atoms with Gasteiger partial charge < -0.3 is 15.0 Å². The van der Waals surface area contributed by atoms with Crippen molar-refractivity contribution in [2.75, 3.05) is 7.11 Å². The summed E-state index contributed by atoms with van der Waals surface area (Å²) in [5, 5.41) is 2.26. The number of amides is 1. The number of nitrogens with one attached hydrogen (secondary N) is 2. The molecule has 1 aromatic carbocycles. The lowest BCUT2D eigenvalue weighted by Gasteiger charge is -2.23. The van der Waals surface area contributed by atoms with E-state index in [1.165, 1.54) is 7.11 Å². The van der Waals surface area contributed by atoms with Gasteiger partial charge in [0.15, 0.2) is 11.6 Å². The molecule has 0 spiro atoms. The standard InChI is InChI=1S/C16H19F3N2O3Si/c1-24-16(23)12(7-25(2,3)4)21-15(22)11-5-8-9(17)6-10(18)13(19)14(8)20-11/h5-6,12,20H,7H2,1-4H3,(H,21,22)/t12-/m0/s1. The second-order valence-corrected chi connectivity index (χ2v) is 12.5. The number of hydrogen-bond donors (Lipinski definition) is 2. The van der Waals surface area contributed by atoms with Crippen molar-refractivity contribution in [1.82, 2.24) is 10.3 Å². The maximum atomic E-state index is 13.7. The molecule has 25 heavy (non-hydrogen) atoms. The van der Waals surface area contributed by atoms with Crippen molar-refractivity contribution in [1.29, 1.82) is 0 Å². The van der Waals surface area contributed by atoms with Crippen LogP contribution in [0.15, 0.2) is 12.1 Å². The molecule has 5 nitrogen and oxygen atoms in total. The zero-order chi connectivity index (χ0) is 18.9. The normalized spacial score (nSPS) is 12.9. The highest BCUT2D eigenvalue weighted by Crippen LogP contribution is 2.24. The Bertz CT molecular complexity index is 830. The summed E-state index contributed by atoms with van der Waals surface area (Å²) in [6.07, 6.45) is 0. The Morgan fingerprint density at radius 1 is 1.20 bits per heavy atom. The minimum atomic E-state index is -1.72. The van der Waals surface area contributed by atoms with Crippen LogP contribution < -0.4 is 5.32 Å². The highest BCUT2D eigenvalue weighted by atomic mass is 28.3. The molecule has 0 aliphatic carbocycles. The molecule has 0 aliphatic heterocycles. The Morgan fingerprint density at radius 2 is 1.84 bits per heavy atom. The van der Waals surface area contributed by atoms with Crippen molar-refractivity contribution in [3.63, 3.8) is 0 Å². The SMILES string of the molecule is COC(=O)[C@H](C[Si](C)(C)C)NC(=O)c1cc2c(F)cc(F)c(F)c2[nH]1. The number of halogens is 3. The summed E-state index contributed by atoms with van der Waals surface area (Å²) in [6, 6.07) is 1.05. The van der Waals surface area contributed by atoms with E-state index in [9.17, 15) is 22.8 Å². The van der Waals surface area contributed by atoms with Crippen LogP contribution in [0.1, 0.15) is 10.5 Å². The fraction of sp³-hybridized carbons (Fsp3) is 0.375. The van der Waals surface area contributed by atoms with Gasteiger partial charge in [-0.15, -0.1) is 0 Å². The van der Waals surface area contributed by atoms with Gasteiger partial charge in [0.1, 0.15) is 17.6 Å². The van der Waals surface area contributed by atoms with E-state index in [4.69, 9.17) is 4.74 Å². The fourth-order valence-electron chi connectivity index (χ4n) is 2.49. The van der Waals surface area contributed by atoms with Gasteiger partial charge in [-0.05, 0) is 12.1 Å². The Balaban J connectivity index is 2.33. The molecule has 0 aliphatic rings. The Morgan fingerprint density at radius 3 is 2.40 bits per heavy atom. The van der Waals surface area contributed by atoms with Crippen molar-refractivity contribution in [2.24, 2.45) is 0 Å². The van der Waals surface area contributed by atoms with Gasteiger partial charge in [0.05, 0.1) is 12.6 Å². The molecule has 0 unspecified atom stereocenters. The number of aromatic amines is 1. The molecular formula is C16H19F3N2O3Si. The van der Waals surface area contributed by atoms with Crippen LogP contribution >= 0.6 is 0 Å². The quantitative estimate of drug-likeness (QED) is 0.481. The molecule has 9 heteroatoms. The second-order valence-electron chi connectivity index (χ2n) is 6.94. The van der Waals surface area contributed by atoms with Crippen molar-refractivity contribution < 1.29 is 27.5 Å². The van der Waals surface area contributed by atoms with Crippen LogP contribution in [-0.4, -0.2) is 38.1 Å². The van der Waals surface area contributed by atoms with Gasteiger partial charge >= 0.3 is 5.97 Å². The van der Waals surface area contributed by atoms with Crippen molar-refractivity contribution in [3.05, 3.63) is 35.3 Å². The van der Waals surface area contributed by atoms with Gasteiger partial charge in [-0.3, -0.25) is 4.79 Å². The lowest BCUT2D eigenvalue weighted by atomic mass is 10.2. The van der Waals surface area contributed by atoms with Crippen LogP contribution in [0.3, 0.4) is 0 Å². The number of benzene rings is 1. The molecule has 0 saturated heterocycles. The number of fused-ring (bicyclic) bond motifs is 1. The lowest BCUT2D eigenvalue weighted by molar-refractivity contribution is -0.142. The maximum absolute atomic E-state index is 13.7. The molecule has 0 radical (unpaired) electrons. The van der Waals surface area contributed by atoms with Crippen molar-refractivity contribution in [2.45, 2.75) is 31.7 Å². The van der Waals surface area contributed by atoms with E-state index in [2.05, 4.69) is 10.3 Å². The van der Waals surface area contributed by atoms with Crippen LogP contribution in [0, 0.1) is 17.5 Å². The predicted octanol–water partition coefficient (Wildman–Crippen LogP) is 3.19. The number of carbonyl (C=O) groups is 2. The first-order chi connectivity index (χ1) is 11.5. The molecule has 2 aromatic rings. The molecule has 1 amide bonds. The number of methoxy groups -OCH3 is 1. The summed E-state index contributed by atoms with van der Waals surface area (Å²) in [6.45, 7) is 6.06. The first kappa shape index (κ1) is 19.0. The molecule has 1 atom stereocenters. The first-order valence-corrected chi connectivity index (χ1v) is 11.3. The van der Waals surface area contributed by atoms with Gasteiger partial charge in [-0.25, -0.2) is 18.0 Å². The average molecular weight is 372 g/mol. The van der Waals surface area contributed by atoms with E-state index in [0.717, 1.165) is 6.07 Å². The molecule has 0 bridgehead atoms. The zero-order valence-corrected chi connectivity index (χ0v) is 15.3. The minimum Gasteiger partial charge on any atom is -0.467 e. The number of esters is 1. The molecule has 1 heterocycles. The van der Waals surface area contributed by atoms with E-state index < -0.39 is 49.0 Å². The predicted molar refractivity (Wildman–Crippen MR) is 89.6 cm³/mol. The first-order valence-electron chi connectivity index (χ1n) is 7.58. The topological polar surface area (TPSA) is 71.2 Å². The summed E-state index contributed by atoms with van der Waals surface area (Å²) in [5.41, 5.74) is -0.620. The molecule has 1 aromatic heterocycles. The zero-order valence-electron chi connectivity index (χ0n) is 14.3. The molecule has 0 fully saturated rings. The van der Waals surface area contributed by atoms with Crippen LogP contribution in [-0.2, 0) is 9.53 Å². The van der Waals surface area contributed by atoms with Crippen molar-refractivity contribution in [3.8, 4) is 0 Å². The van der Waals surface area contributed by atoms with E-state index in [1.807, 2.05) is 19.6 Å². The number of carbonyl (C=O) groups excluding carboxylic acids is 2. The van der Waals surface area contributed by atoms with Gasteiger partial charge in [-0.2, -0.15) is 0 Å². The summed E-state index contributed by atoms with van der Waals surface area (Å²) in [4.78, 5) is 26.6. The number of rotatable bonds is 5. The lowest BCUT2D eigenvalue weighted by Crippen LogP contribution is -2.45. The van der Waals surface area contributed by atoms with E-state index >= 15 is 0 Å². The molecule has 136 valence electrons. The molecule has 2 rings (SSSR count). The van der Waals surface area contributed by atoms with Crippen LogP contribution in [0.2, 0.25) is 25.7 Å². The largest absolute Gasteiger partial charge is 0.467 e. The smallest absolute Gasteiger partial charge is 0.328 e. The Hall–Kier alpha value is -2.29. The number of hydrogen-bond acceptors (Lipinski definition) is 3. The molecule has 2 N–H and O–H groups in total. The Labute approximate surface area is 143 Å². The van der Waals surface area contributed by atoms with Crippen LogP contribution in [0.25, 0.3) is 10.9 Å². The van der Waals surface area contributed by atoms with Gasteiger partial charge in [0.2, 0.25) is 0 Å². The second kappa shape index (κ2) is 6.91. The van der Waals surface area contributed by atoms with Crippen LogP contribution in [0.5, 0.6) is 0 Å². The average Bonchev–Trinajstić information content (AvgIpc) is 2.96. The summed E-state index contributed by atoms with van der Waals surface area (Å²) in [7, 11) is -0.509. The molecule has 0 saturated carbocycles. The maximum Gasteiger partial charge on any atom is 0.328 e. The van der Waals surface area contributed by atoms with E-state index in [1.54, 1.807) is 0 Å². The van der Waals surface area contributed by atoms with Crippen molar-refractivity contribution >= 4 is 30.9 Å². The van der Waals surface area contributed by atoms with Crippen LogP contribution in [0.4, 0.5) is 13.2 Å². The third kappa shape index (κ3) is 4.22. The number of aromatic nitrogens is 1. The Kier molecular flexibility index (Phi) is 5.26. The molecular weight excluding hydrogens is 353 g/mol. The summed E-state index contributed by atoms with van der Waals surface area (Å²) >= 11 is 0. The van der Waals surface area contributed by atoms with Gasteiger partial charge in [-0.1, -0.05) is 19.6 Å². The van der Waals surface area contributed by atoms with Gasteiger partial charge in [0.25, 0.3) is 5.91 Å². The highest BCUT2D eigenvalue weighted by Gasteiger charge is 2.29. The summed E-state index contributed by atoms with van der Waals surface area (Å²) < 4.78 is 45.5.